The van der Waals surface area contributed by atoms with Crippen LogP contribution in [0.15, 0.2) is 21.2 Å². The zero-order valence-corrected chi connectivity index (χ0v) is 13.1. The predicted octanol–water partition coefficient (Wildman–Crippen LogP) is 0.215. The van der Waals surface area contributed by atoms with Gasteiger partial charge < -0.3 is 14.3 Å². The molecule has 2 fully saturated rings. The first kappa shape index (κ1) is 15.1. The van der Waals surface area contributed by atoms with Crippen LogP contribution in [-0.2, 0) is 9.59 Å². The van der Waals surface area contributed by atoms with Crippen LogP contribution in [0, 0.1) is 23.7 Å². The van der Waals surface area contributed by atoms with E-state index in [0.29, 0.717) is 4.67 Å². The number of carbonyl (C=O) groups excluding carboxylic acids is 3. The Morgan fingerprint density at radius 1 is 1.14 bits per heavy atom. The molecule has 0 aromatic carbocycles. The fraction of sp³-hybridized carbons (Fsp3) is 0.500. The molecule has 1 aromatic heterocycles. The molecule has 2 N–H and O–H groups in total. The lowest BCUT2D eigenvalue weighted by molar-refractivity contribution is -0.314. The van der Waals surface area contributed by atoms with Crippen molar-refractivity contribution in [1.82, 2.24) is 10.9 Å². The summed E-state index contributed by atoms with van der Waals surface area (Å²) in [6, 6.07) is 3.01. The van der Waals surface area contributed by atoms with E-state index in [9.17, 15) is 19.5 Å². The molecule has 1 heterocycles. The second-order valence-corrected chi connectivity index (χ2v) is 6.53. The number of hydrogen-bond donors (Lipinski definition) is 2. The Labute approximate surface area is 134 Å². The number of furan rings is 1. The van der Waals surface area contributed by atoms with E-state index in [0.717, 1.165) is 19.3 Å². The Balaban J connectivity index is 1.62. The highest BCUT2D eigenvalue weighted by atomic mass is 79.9. The van der Waals surface area contributed by atoms with Crippen LogP contribution in [0.25, 0.3) is 0 Å². The van der Waals surface area contributed by atoms with Crippen molar-refractivity contribution >= 4 is 33.7 Å². The molecule has 0 aliphatic heterocycles. The third-order valence-electron chi connectivity index (χ3n) is 4.59. The molecule has 0 spiro atoms. The number of hydrazine groups is 1. The largest absolute Gasteiger partial charge is 0.550 e. The number of halogens is 1. The molecule has 22 heavy (non-hydrogen) atoms. The quantitative estimate of drug-likeness (QED) is 0.740. The molecular weight excluding hydrogens is 356 g/mol. The van der Waals surface area contributed by atoms with Gasteiger partial charge in [0.05, 0.1) is 5.92 Å². The maximum absolute atomic E-state index is 12.2. The molecular formula is C14H14BrN2O5-. The number of carboxylic acid groups (broad SMARTS) is 1. The molecule has 2 aliphatic rings. The number of amides is 2. The molecule has 0 unspecified atom stereocenters. The summed E-state index contributed by atoms with van der Waals surface area (Å²) in [5.41, 5.74) is 4.54. The van der Waals surface area contributed by atoms with Crippen molar-refractivity contribution < 1.29 is 23.9 Å². The van der Waals surface area contributed by atoms with E-state index in [4.69, 9.17) is 4.42 Å². The summed E-state index contributed by atoms with van der Waals surface area (Å²) >= 11 is 3.07. The predicted molar refractivity (Wildman–Crippen MR) is 74.8 cm³/mol. The molecule has 118 valence electrons. The Kier molecular flexibility index (Phi) is 3.94. The first-order chi connectivity index (χ1) is 10.5. The van der Waals surface area contributed by atoms with E-state index >= 15 is 0 Å². The maximum atomic E-state index is 12.2. The van der Waals surface area contributed by atoms with Crippen molar-refractivity contribution in [3.05, 3.63) is 22.6 Å². The van der Waals surface area contributed by atoms with Gasteiger partial charge in [0.25, 0.3) is 0 Å². The molecule has 0 saturated heterocycles. The second-order valence-electron chi connectivity index (χ2n) is 5.75. The lowest BCUT2D eigenvalue weighted by Gasteiger charge is -2.30. The summed E-state index contributed by atoms with van der Waals surface area (Å²) in [6.07, 6.45) is 2.39. The molecule has 7 nitrogen and oxygen atoms in total. The number of rotatable bonds is 3. The normalized spacial score (nSPS) is 29.3. The van der Waals surface area contributed by atoms with Gasteiger partial charge in [0, 0.05) is 11.9 Å². The van der Waals surface area contributed by atoms with Gasteiger partial charge in [-0.25, -0.2) is 0 Å². The van der Waals surface area contributed by atoms with Gasteiger partial charge in [0.15, 0.2) is 10.4 Å². The van der Waals surface area contributed by atoms with Crippen molar-refractivity contribution in [2.45, 2.75) is 19.3 Å². The average molecular weight is 370 g/mol. The smallest absolute Gasteiger partial charge is 0.305 e. The Morgan fingerprint density at radius 2 is 1.82 bits per heavy atom. The molecule has 2 bridgehead atoms. The minimum atomic E-state index is -1.19. The molecule has 2 saturated carbocycles. The summed E-state index contributed by atoms with van der Waals surface area (Å²) in [6.45, 7) is 0. The Bertz CT molecular complexity index is 629. The highest BCUT2D eigenvalue weighted by molar-refractivity contribution is 9.10. The van der Waals surface area contributed by atoms with Gasteiger partial charge in [-0.1, -0.05) is 0 Å². The fourth-order valence-electron chi connectivity index (χ4n) is 3.71. The number of carboxylic acids is 1. The Hall–Kier alpha value is -1.83. The monoisotopic (exact) mass is 369 g/mol. The van der Waals surface area contributed by atoms with E-state index in [1.807, 2.05) is 0 Å². The minimum absolute atomic E-state index is 0.00230. The highest BCUT2D eigenvalue weighted by Crippen LogP contribution is 2.52. The van der Waals surface area contributed by atoms with Gasteiger partial charge in [0.2, 0.25) is 5.91 Å². The van der Waals surface area contributed by atoms with Crippen molar-refractivity contribution in [3.63, 3.8) is 0 Å². The van der Waals surface area contributed by atoms with Crippen LogP contribution in [0.3, 0.4) is 0 Å². The van der Waals surface area contributed by atoms with Crippen LogP contribution in [-0.4, -0.2) is 17.8 Å². The zero-order valence-electron chi connectivity index (χ0n) is 11.5. The van der Waals surface area contributed by atoms with E-state index in [2.05, 4.69) is 26.8 Å². The number of fused-ring (bicyclic) bond motifs is 2. The molecule has 8 heteroatoms. The zero-order chi connectivity index (χ0) is 15.9. The van der Waals surface area contributed by atoms with E-state index in [1.54, 1.807) is 6.07 Å². The standard InChI is InChI=1S/C14H15BrN2O5/c15-9-4-3-8(22-9)12(18)16-17-13(19)10-6-1-2-7(5-6)11(10)14(20)21/h3-4,6-7,10-11H,1-2,5H2,(H,16,18)(H,17,19)(H,20,21)/p-1/t6-,7-,10-,11-/m0/s1. The molecule has 3 rings (SSSR count). The van der Waals surface area contributed by atoms with Crippen LogP contribution in [0.5, 0.6) is 0 Å². The molecule has 2 amide bonds. The van der Waals surface area contributed by atoms with Crippen molar-refractivity contribution in [2.24, 2.45) is 23.7 Å². The lowest BCUT2D eigenvalue weighted by Crippen LogP contribution is -2.50. The third-order valence-corrected chi connectivity index (χ3v) is 5.01. The van der Waals surface area contributed by atoms with E-state index < -0.39 is 29.6 Å². The summed E-state index contributed by atoms with van der Waals surface area (Å²) in [7, 11) is 0. The van der Waals surface area contributed by atoms with Crippen LogP contribution in [0.4, 0.5) is 0 Å². The first-order valence-corrected chi connectivity index (χ1v) is 7.83. The Morgan fingerprint density at radius 3 is 2.41 bits per heavy atom. The number of hydrogen-bond acceptors (Lipinski definition) is 5. The summed E-state index contributed by atoms with van der Waals surface area (Å²) in [4.78, 5) is 35.3. The van der Waals surface area contributed by atoms with E-state index in [1.165, 1.54) is 6.07 Å². The van der Waals surface area contributed by atoms with Gasteiger partial charge in [-0.3, -0.25) is 20.4 Å². The molecule has 4 atom stereocenters. The van der Waals surface area contributed by atoms with Crippen LogP contribution in [0.1, 0.15) is 29.8 Å². The molecule has 2 aliphatic carbocycles. The van der Waals surface area contributed by atoms with Crippen LogP contribution < -0.4 is 16.0 Å². The van der Waals surface area contributed by atoms with Gasteiger partial charge in [-0.15, -0.1) is 0 Å². The van der Waals surface area contributed by atoms with E-state index in [-0.39, 0.29) is 17.6 Å². The van der Waals surface area contributed by atoms with Crippen molar-refractivity contribution in [1.29, 1.82) is 0 Å². The number of carbonyl (C=O) groups is 3. The SMILES string of the molecule is O=C(NNC(=O)[C@H]1[C@H]2CC[C@@H](C2)[C@@H]1C(=O)[O-])c1ccc(Br)o1. The van der Waals surface area contributed by atoms with Gasteiger partial charge in [-0.05, 0) is 59.2 Å². The van der Waals surface area contributed by atoms with Crippen LogP contribution >= 0.6 is 15.9 Å². The van der Waals surface area contributed by atoms with Gasteiger partial charge in [-0.2, -0.15) is 0 Å². The van der Waals surface area contributed by atoms with Gasteiger partial charge in [0.1, 0.15) is 0 Å². The van der Waals surface area contributed by atoms with Crippen LogP contribution in [0.2, 0.25) is 0 Å². The molecule has 0 radical (unpaired) electrons. The number of nitrogens with one attached hydrogen (secondary N) is 2. The summed E-state index contributed by atoms with van der Waals surface area (Å²) in [5.74, 6) is -3.61. The third kappa shape index (κ3) is 2.63. The number of aliphatic carboxylic acids is 1. The van der Waals surface area contributed by atoms with Crippen molar-refractivity contribution in [2.75, 3.05) is 0 Å². The maximum Gasteiger partial charge on any atom is 0.305 e. The van der Waals surface area contributed by atoms with Gasteiger partial charge >= 0.3 is 5.91 Å². The minimum Gasteiger partial charge on any atom is -0.550 e. The molecule has 1 aromatic rings. The lowest BCUT2D eigenvalue weighted by atomic mass is 9.79. The topological polar surface area (TPSA) is 111 Å². The van der Waals surface area contributed by atoms with Crippen molar-refractivity contribution in [3.8, 4) is 0 Å². The highest BCUT2D eigenvalue weighted by Gasteiger charge is 2.51. The summed E-state index contributed by atoms with van der Waals surface area (Å²) < 4.78 is 5.46. The first-order valence-electron chi connectivity index (χ1n) is 7.03. The average Bonchev–Trinajstić information content (AvgIpc) is 3.18. The fourth-order valence-corrected chi connectivity index (χ4v) is 4.01. The summed E-state index contributed by atoms with van der Waals surface area (Å²) in [5, 5.41) is 11.3. The second kappa shape index (κ2) is 5.75.